The van der Waals surface area contributed by atoms with Crippen LogP contribution in [0.15, 0.2) is 30.9 Å². The highest BCUT2D eigenvalue weighted by atomic mass is 15.3. The summed E-state index contributed by atoms with van der Waals surface area (Å²) >= 11 is 0. The number of allylic oxidation sites excluding steroid dienone is 3. The van der Waals surface area contributed by atoms with Crippen molar-refractivity contribution in [2.75, 3.05) is 0 Å². The van der Waals surface area contributed by atoms with E-state index in [1.54, 1.807) is 16.8 Å². The Bertz CT molecular complexity index is 444. The molecule has 2 N–H and O–H groups in total. The summed E-state index contributed by atoms with van der Waals surface area (Å²) in [6, 6.07) is 3.64. The second-order valence-corrected chi connectivity index (χ2v) is 3.41. The second kappa shape index (κ2) is 12.5. The van der Waals surface area contributed by atoms with Crippen molar-refractivity contribution < 1.29 is 0 Å². The highest BCUT2D eigenvalue weighted by Crippen LogP contribution is 2.08. The molecule has 0 saturated carbocycles. The van der Waals surface area contributed by atoms with Gasteiger partial charge in [-0.1, -0.05) is 39.5 Å². The third-order valence-electron chi connectivity index (χ3n) is 2.11. The topological polar surface area (TPSA) is 65.5 Å². The summed E-state index contributed by atoms with van der Waals surface area (Å²) in [5.74, 6) is 0. The van der Waals surface area contributed by atoms with Crippen LogP contribution in [0, 0.1) is 10.8 Å². The molecule has 0 spiro atoms. The Labute approximate surface area is 116 Å². The molecule has 0 aliphatic carbocycles. The SMILES string of the molecule is C=C/C=C(\C)c1ccc(=N)n(CCC)n1.C=N.CC. The summed E-state index contributed by atoms with van der Waals surface area (Å²) in [4.78, 5) is 0. The first-order valence-electron chi connectivity index (χ1n) is 6.47. The zero-order valence-corrected chi connectivity index (χ0v) is 12.5. The lowest BCUT2D eigenvalue weighted by Gasteiger charge is -2.06. The molecule has 0 unspecified atom stereocenters. The highest BCUT2D eigenvalue weighted by Gasteiger charge is 1.99. The first-order valence-corrected chi connectivity index (χ1v) is 6.47. The Hall–Kier alpha value is -1.97. The number of nitrogens with one attached hydrogen (secondary N) is 2. The quantitative estimate of drug-likeness (QED) is 0.631. The Morgan fingerprint density at radius 3 is 2.42 bits per heavy atom. The van der Waals surface area contributed by atoms with Gasteiger partial charge in [-0.2, -0.15) is 5.10 Å². The fourth-order valence-electron chi connectivity index (χ4n) is 1.32. The van der Waals surface area contributed by atoms with E-state index in [0.717, 1.165) is 24.2 Å². The van der Waals surface area contributed by atoms with Gasteiger partial charge in [0.05, 0.1) is 5.69 Å². The van der Waals surface area contributed by atoms with Crippen molar-refractivity contribution in [1.29, 1.82) is 10.8 Å². The van der Waals surface area contributed by atoms with Crippen molar-refractivity contribution in [3.05, 3.63) is 42.0 Å². The van der Waals surface area contributed by atoms with Gasteiger partial charge in [-0.3, -0.25) is 5.41 Å². The maximum Gasteiger partial charge on any atom is 0.141 e. The van der Waals surface area contributed by atoms with Gasteiger partial charge in [-0.05, 0) is 37.8 Å². The van der Waals surface area contributed by atoms with Crippen molar-refractivity contribution in [2.24, 2.45) is 0 Å². The van der Waals surface area contributed by atoms with Crippen LogP contribution in [0.2, 0.25) is 0 Å². The lowest BCUT2D eigenvalue weighted by atomic mass is 10.2. The van der Waals surface area contributed by atoms with Gasteiger partial charge >= 0.3 is 0 Å². The molecular weight excluding hydrogens is 236 g/mol. The van der Waals surface area contributed by atoms with Crippen LogP contribution < -0.4 is 5.49 Å². The maximum atomic E-state index is 7.67. The van der Waals surface area contributed by atoms with Crippen LogP contribution in [0.5, 0.6) is 0 Å². The van der Waals surface area contributed by atoms with Crippen molar-refractivity contribution >= 4 is 12.3 Å². The molecule has 1 rings (SSSR count). The predicted octanol–water partition coefficient (Wildman–Crippen LogP) is 3.65. The summed E-state index contributed by atoms with van der Waals surface area (Å²) in [6.07, 6.45) is 4.65. The smallest absolute Gasteiger partial charge is 0.141 e. The van der Waals surface area contributed by atoms with Crippen LogP contribution in [0.4, 0.5) is 0 Å². The van der Waals surface area contributed by atoms with Crippen LogP contribution in [0.25, 0.3) is 5.57 Å². The minimum Gasteiger partial charge on any atom is -0.317 e. The number of rotatable bonds is 4. The van der Waals surface area contributed by atoms with Crippen molar-refractivity contribution in [3.8, 4) is 0 Å². The van der Waals surface area contributed by atoms with Crippen LogP contribution in [0.3, 0.4) is 0 Å². The largest absolute Gasteiger partial charge is 0.317 e. The molecule has 0 atom stereocenters. The van der Waals surface area contributed by atoms with E-state index in [2.05, 4.69) is 25.3 Å². The average Bonchev–Trinajstić information content (AvgIpc) is 2.46. The third-order valence-corrected chi connectivity index (χ3v) is 2.11. The summed E-state index contributed by atoms with van der Waals surface area (Å²) in [7, 11) is 0. The summed E-state index contributed by atoms with van der Waals surface area (Å²) in [6.45, 7) is 15.0. The molecule has 0 amide bonds. The fourth-order valence-corrected chi connectivity index (χ4v) is 1.32. The molecule has 0 bridgehead atoms. The van der Waals surface area contributed by atoms with E-state index in [4.69, 9.17) is 10.8 Å². The van der Waals surface area contributed by atoms with Crippen LogP contribution in [-0.2, 0) is 6.54 Å². The standard InChI is InChI=1S/C12H17N3.C2H6.CH3N/c1-4-6-10(3)11-7-8-12(13)15(14-11)9-5-2;2*1-2/h4,6-8,13H,1,5,9H2,2-3H3;1-2H3;2H,1H2/b10-6+,13-12?;;. The summed E-state index contributed by atoms with van der Waals surface area (Å²) < 4.78 is 1.72. The second-order valence-electron chi connectivity index (χ2n) is 3.41. The van der Waals surface area contributed by atoms with E-state index in [-0.39, 0.29) is 0 Å². The minimum absolute atomic E-state index is 0.451. The van der Waals surface area contributed by atoms with E-state index in [0.29, 0.717) is 5.49 Å². The number of hydrogen-bond acceptors (Lipinski definition) is 3. The Morgan fingerprint density at radius 2 is 1.95 bits per heavy atom. The minimum atomic E-state index is 0.451. The lowest BCUT2D eigenvalue weighted by Crippen LogP contribution is -2.22. The predicted molar refractivity (Wildman–Crippen MR) is 83.4 cm³/mol. The number of aromatic nitrogens is 2. The van der Waals surface area contributed by atoms with Gasteiger partial charge in [-0.25, -0.2) is 4.68 Å². The molecule has 0 radical (unpaired) electrons. The van der Waals surface area contributed by atoms with Crippen LogP contribution in [-0.4, -0.2) is 16.5 Å². The van der Waals surface area contributed by atoms with Gasteiger partial charge in [0.25, 0.3) is 0 Å². The molecule has 4 heteroatoms. The zero-order valence-electron chi connectivity index (χ0n) is 12.5. The molecule has 4 nitrogen and oxygen atoms in total. The molecule has 0 fully saturated rings. The van der Waals surface area contributed by atoms with E-state index in [1.165, 1.54) is 0 Å². The van der Waals surface area contributed by atoms with E-state index in [1.807, 2.05) is 32.9 Å². The zero-order chi connectivity index (χ0) is 15.3. The third kappa shape index (κ3) is 7.13. The van der Waals surface area contributed by atoms with Gasteiger partial charge in [0.1, 0.15) is 5.49 Å². The first-order chi connectivity index (χ1) is 9.19. The van der Waals surface area contributed by atoms with Crippen LogP contribution in [0.1, 0.15) is 39.8 Å². The molecule has 0 aliphatic rings. The molecule has 1 aromatic heterocycles. The molecule has 0 aliphatic heterocycles. The molecule has 1 heterocycles. The normalized spacial score (nSPS) is 9.58. The molecule has 106 valence electrons. The Kier molecular flexibility index (Phi) is 12.7. The van der Waals surface area contributed by atoms with Crippen molar-refractivity contribution in [3.63, 3.8) is 0 Å². The first kappa shape index (κ1) is 19.4. The van der Waals surface area contributed by atoms with Gasteiger partial charge in [0.2, 0.25) is 0 Å². The molecule has 1 aromatic rings. The van der Waals surface area contributed by atoms with E-state index in [9.17, 15) is 0 Å². The van der Waals surface area contributed by atoms with E-state index < -0.39 is 0 Å². The number of hydrogen-bond donors (Lipinski definition) is 2. The molecular formula is C15H26N4. The number of aryl methyl sites for hydroxylation is 1. The van der Waals surface area contributed by atoms with Gasteiger partial charge in [0.15, 0.2) is 0 Å². The van der Waals surface area contributed by atoms with Crippen LogP contribution >= 0.6 is 0 Å². The highest BCUT2D eigenvalue weighted by molar-refractivity contribution is 5.61. The van der Waals surface area contributed by atoms with Gasteiger partial charge in [0, 0.05) is 6.54 Å². The maximum absolute atomic E-state index is 7.67. The molecule has 0 aromatic carbocycles. The van der Waals surface area contributed by atoms with Crippen molar-refractivity contribution in [2.45, 2.75) is 40.7 Å². The average molecular weight is 262 g/mol. The monoisotopic (exact) mass is 262 g/mol. The molecule has 19 heavy (non-hydrogen) atoms. The van der Waals surface area contributed by atoms with E-state index >= 15 is 0 Å². The number of nitrogens with zero attached hydrogens (tertiary/aromatic N) is 2. The molecule has 0 saturated heterocycles. The van der Waals surface area contributed by atoms with Gasteiger partial charge < -0.3 is 5.41 Å². The summed E-state index contributed by atoms with van der Waals surface area (Å²) in [5, 5.41) is 17.6. The fraction of sp³-hybridized carbons (Fsp3) is 0.400. The lowest BCUT2D eigenvalue weighted by molar-refractivity contribution is 0.551. The van der Waals surface area contributed by atoms with Crippen molar-refractivity contribution in [1.82, 2.24) is 9.78 Å². The summed E-state index contributed by atoms with van der Waals surface area (Å²) in [5.41, 5.74) is 2.42. The Morgan fingerprint density at radius 1 is 1.37 bits per heavy atom. The Balaban J connectivity index is 0. The van der Waals surface area contributed by atoms with Gasteiger partial charge in [-0.15, -0.1) is 0 Å².